The van der Waals surface area contributed by atoms with Crippen LogP contribution in [0.4, 0.5) is 14.5 Å². The molecule has 114 valence electrons. The Balaban J connectivity index is 3.16. The molecule has 20 heavy (non-hydrogen) atoms. The van der Waals surface area contributed by atoms with Gasteiger partial charge >= 0.3 is 0 Å². The zero-order valence-electron chi connectivity index (χ0n) is 10.3. The number of hydrogen-bond donors (Lipinski definition) is 2. The Morgan fingerprint density at radius 3 is 2.10 bits per heavy atom. The van der Waals surface area contributed by atoms with Crippen LogP contribution in [0.1, 0.15) is 0 Å². The third-order valence-electron chi connectivity index (χ3n) is 2.16. The van der Waals surface area contributed by atoms with Crippen molar-refractivity contribution in [1.29, 1.82) is 0 Å². The first kappa shape index (κ1) is 16.8. The summed E-state index contributed by atoms with van der Waals surface area (Å²) < 4.78 is 78.2. The van der Waals surface area contributed by atoms with Gasteiger partial charge in [0.25, 0.3) is 0 Å². The first-order chi connectivity index (χ1) is 9.07. The maximum absolute atomic E-state index is 13.6. The van der Waals surface area contributed by atoms with Crippen LogP contribution >= 0.6 is 0 Å². The Hall–Kier alpha value is -1.30. The highest BCUT2D eigenvalue weighted by Crippen LogP contribution is 2.23. The van der Waals surface area contributed by atoms with Gasteiger partial charge in [-0.25, -0.2) is 30.8 Å². The highest BCUT2D eigenvalue weighted by atomic mass is 32.2. The quantitative estimate of drug-likeness (QED) is 0.762. The fourth-order valence-corrected chi connectivity index (χ4v) is 2.74. The van der Waals surface area contributed by atoms with Gasteiger partial charge in [0.15, 0.2) is 11.6 Å². The predicted molar refractivity (Wildman–Crippen MR) is 67.0 cm³/mol. The van der Waals surface area contributed by atoms with Crippen LogP contribution in [0, 0.1) is 11.6 Å². The topological polar surface area (TPSA) is 116 Å². The molecule has 0 radical (unpaired) electrons. The van der Waals surface area contributed by atoms with Gasteiger partial charge in [0.1, 0.15) is 5.69 Å². The van der Waals surface area contributed by atoms with E-state index in [4.69, 9.17) is 5.14 Å². The van der Waals surface area contributed by atoms with Crippen molar-refractivity contribution >= 4 is 25.7 Å². The Kier molecular flexibility index (Phi) is 5.02. The second kappa shape index (κ2) is 5.99. The van der Waals surface area contributed by atoms with Crippen molar-refractivity contribution in [1.82, 2.24) is 0 Å². The Morgan fingerprint density at radius 2 is 1.70 bits per heavy atom. The molecule has 3 N–H and O–H groups in total. The number of primary sulfonamides is 1. The summed E-state index contributed by atoms with van der Waals surface area (Å²) in [7, 11) is -7.06. The zero-order valence-corrected chi connectivity index (χ0v) is 11.9. The lowest BCUT2D eigenvalue weighted by Crippen LogP contribution is -2.21. The number of methoxy groups -OCH3 is 1. The van der Waals surface area contributed by atoms with E-state index >= 15 is 0 Å². The normalized spacial score (nSPS) is 12.4. The average molecular weight is 330 g/mol. The molecule has 0 aliphatic rings. The van der Waals surface area contributed by atoms with E-state index in [-0.39, 0.29) is 6.61 Å². The molecule has 0 spiro atoms. The lowest BCUT2D eigenvalue weighted by molar-refractivity contribution is 0.217. The number of hydrogen-bond acceptors (Lipinski definition) is 5. The molecule has 0 aromatic heterocycles. The Bertz CT molecular complexity index is 680. The van der Waals surface area contributed by atoms with Crippen LogP contribution in [0.5, 0.6) is 0 Å². The van der Waals surface area contributed by atoms with Crippen molar-refractivity contribution in [3.63, 3.8) is 0 Å². The van der Waals surface area contributed by atoms with E-state index in [0.717, 1.165) is 0 Å². The summed E-state index contributed by atoms with van der Waals surface area (Å²) in [5, 5.41) is 4.72. The summed E-state index contributed by atoms with van der Waals surface area (Å²) in [5.74, 6) is -3.30. The first-order valence-corrected chi connectivity index (χ1v) is 8.28. The maximum atomic E-state index is 13.6. The monoisotopic (exact) mass is 330 g/mol. The molecule has 1 aromatic carbocycles. The van der Waals surface area contributed by atoms with E-state index in [0.29, 0.717) is 12.1 Å². The smallest absolute Gasteiger partial charge is 0.238 e. The van der Waals surface area contributed by atoms with Crippen LogP contribution in [0.25, 0.3) is 0 Å². The summed E-state index contributed by atoms with van der Waals surface area (Å²) >= 11 is 0. The molecule has 0 aliphatic heterocycles. The third-order valence-corrected chi connectivity index (χ3v) is 4.27. The summed E-state index contributed by atoms with van der Waals surface area (Å²) in [6, 6.07) is 0.846. The molecule has 1 aromatic rings. The highest BCUT2D eigenvalue weighted by Gasteiger charge is 2.20. The van der Waals surface area contributed by atoms with E-state index in [9.17, 15) is 25.6 Å². The molecule has 0 saturated carbocycles. The van der Waals surface area contributed by atoms with E-state index in [2.05, 4.69) is 4.74 Å². The average Bonchev–Trinajstić information content (AvgIpc) is 2.30. The number of nitrogens with one attached hydrogen (secondary N) is 1. The second-order valence-corrected chi connectivity index (χ2v) is 7.12. The summed E-state index contributed by atoms with van der Waals surface area (Å²) in [4.78, 5) is -0.799. The number of ether oxygens (including phenoxy) is 1. The standard InChI is InChI=1S/C9H12F2N2O5S2/c1-18-2-3-19(14,15)13-9-7(10)4-6(5-8(9)11)20(12,16)17/h4-5,13H,2-3H2,1H3,(H2,12,16,17). The van der Waals surface area contributed by atoms with Crippen LogP contribution in [-0.2, 0) is 24.8 Å². The van der Waals surface area contributed by atoms with Crippen LogP contribution < -0.4 is 9.86 Å². The van der Waals surface area contributed by atoms with Crippen LogP contribution in [-0.4, -0.2) is 36.3 Å². The molecular formula is C9H12F2N2O5S2. The fraction of sp³-hybridized carbons (Fsp3) is 0.333. The van der Waals surface area contributed by atoms with Gasteiger partial charge in [0, 0.05) is 7.11 Å². The third kappa shape index (κ3) is 4.37. The van der Waals surface area contributed by atoms with E-state index in [1.165, 1.54) is 7.11 Å². The maximum Gasteiger partial charge on any atom is 0.238 e. The molecule has 11 heteroatoms. The Morgan fingerprint density at radius 1 is 1.20 bits per heavy atom. The summed E-state index contributed by atoms with van der Waals surface area (Å²) in [5.41, 5.74) is -0.978. The fourth-order valence-electron chi connectivity index (χ4n) is 1.21. The van der Waals surface area contributed by atoms with Gasteiger partial charge < -0.3 is 4.74 Å². The van der Waals surface area contributed by atoms with Gasteiger partial charge in [-0.1, -0.05) is 0 Å². The van der Waals surface area contributed by atoms with Crippen molar-refractivity contribution in [2.45, 2.75) is 4.90 Å². The van der Waals surface area contributed by atoms with Gasteiger partial charge in [0.2, 0.25) is 20.0 Å². The van der Waals surface area contributed by atoms with Gasteiger partial charge in [0.05, 0.1) is 17.3 Å². The second-order valence-electron chi connectivity index (χ2n) is 3.72. The minimum atomic E-state index is -4.30. The van der Waals surface area contributed by atoms with Gasteiger partial charge in [-0.3, -0.25) is 4.72 Å². The highest BCUT2D eigenvalue weighted by molar-refractivity contribution is 7.92. The van der Waals surface area contributed by atoms with Crippen molar-refractivity contribution < 1.29 is 30.4 Å². The van der Waals surface area contributed by atoms with E-state index < -0.39 is 48.0 Å². The first-order valence-electron chi connectivity index (χ1n) is 5.08. The zero-order chi connectivity index (χ0) is 15.6. The lowest BCUT2D eigenvalue weighted by Gasteiger charge is -2.10. The molecule has 0 saturated heterocycles. The van der Waals surface area contributed by atoms with Crippen molar-refractivity contribution in [2.75, 3.05) is 24.2 Å². The van der Waals surface area contributed by atoms with E-state index in [1.54, 1.807) is 4.72 Å². The number of sulfonamides is 2. The predicted octanol–water partition coefficient (Wildman–Crippen LogP) is 0.000300. The number of benzene rings is 1. The van der Waals surface area contributed by atoms with Crippen molar-refractivity contribution in [3.8, 4) is 0 Å². The van der Waals surface area contributed by atoms with Crippen LogP contribution in [0.15, 0.2) is 17.0 Å². The lowest BCUT2D eigenvalue weighted by atomic mass is 10.3. The minimum Gasteiger partial charge on any atom is -0.384 e. The number of rotatable bonds is 6. The van der Waals surface area contributed by atoms with Crippen LogP contribution in [0.2, 0.25) is 0 Å². The molecule has 0 bridgehead atoms. The molecule has 0 heterocycles. The van der Waals surface area contributed by atoms with Crippen LogP contribution in [0.3, 0.4) is 0 Å². The summed E-state index contributed by atoms with van der Waals surface area (Å²) in [6.07, 6.45) is 0. The number of halogens is 2. The summed E-state index contributed by atoms with van der Waals surface area (Å²) in [6.45, 7) is -0.173. The van der Waals surface area contributed by atoms with Gasteiger partial charge in [-0.05, 0) is 12.1 Å². The van der Waals surface area contributed by atoms with Crippen molar-refractivity contribution in [3.05, 3.63) is 23.8 Å². The molecule has 0 aliphatic carbocycles. The molecule has 0 unspecified atom stereocenters. The molecule has 0 amide bonds. The molecule has 0 atom stereocenters. The largest absolute Gasteiger partial charge is 0.384 e. The number of anilines is 1. The SMILES string of the molecule is COCCS(=O)(=O)Nc1c(F)cc(S(N)(=O)=O)cc1F. The molecule has 0 fully saturated rings. The van der Waals surface area contributed by atoms with E-state index in [1.807, 2.05) is 0 Å². The van der Waals surface area contributed by atoms with Gasteiger partial charge in [-0.2, -0.15) is 0 Å². The molecular weight excluding hydrogens is 318 g/mol. The van der Waals surface area contributed by atoms with Crippen molar-refractivity contribution in [2.24, 2.45) is 5.14 Å². The minimum absolute atomic E-state index is 0.173. The Labute approximate surface area is 114 Å². The molecule has 7 nitrogen and oxygen atoms in total. The van der Waals surface area contributed by atoms with Gasteiger partial charge in [-0.15, -0.1) is 0 Å². The molecule has 1 rings (SSSR count). The number of nitrogens with two attached hydrogens (primary N) is 1.